The second-order valence-electron chi connectivity index (χ2n) is 6.30. The predicted octanol–water partition coefficient (Wildman–Crippen LogP) is 4.45. The van der Waals surface area contributed by atoms with E-state index in [1.807, 2.05) is 54.6 Å². The van der Waals surface area contributed by atoms with Crippen LogP contribution in [0.5, 0.6) is 5.75 Å². The number of aromatic nitrogens is 1. The van der Waals surface area contributed by atoms with Gasteiger partial charge in [0.15, 0.2) is 0 Å². The Morgan fingerprint density at radius 3 is 2.46 bits per heavy atom. The highest BCUT2D eigenvalue weighted by Gasteiger charge is 2.08. The molecule has 0 N–H and O–H groups in total. The largest absolute Gasteiger partial charge is 0.489 e. The molecule has 0 radical (unpaired) electrons. The average Bonchev–Trinajstić information content (AvgIpc) is 2.68. The number of aryl methyl sites for hydroxylation is 2. The zero-order chi connectivity index (χ0) is 20.1. The van der Waals surface area contributed by atoms with E-state index >= 15 is 0 Å². The molecule has 0 bridgehead atoms. The summed E-state index contributed by atoms with van der Waals surface area (Å²) in [5.41, 5.74) is 2.84. The van der Waals surface area contributed by atoms with Crippen molar-refractivity contribution >= 4 is 17.8 Å². The lowest BCUT2D eigenvalue weighted by atomic mass is 10.1. The fraction of sp³-hybridized carbons (Fsp3) is 0.136. The van der Waals surface area contributed by atoms with E-state index in [0.717, 1.165) is 16.9 Å². The molecule has 0 aliphatic heterocycles. The molecule has 1 heterocycles. The molecule has 3 aromatic rings. The van der Waals surface area contributed by atoms with Crippen LogP contribution in [0.2, 0.25) is 5.02 Å². The Hall–Kier alpha value is -3.36. The molecule has 0 aliphatic rings. The Balaban J connectivity index is 1.72. The summed E-state index contributed by atoms with van der Waals surface area (Å²) in [4.78, 5) is 12.4. The number of rotatable bonds is 5. The van der Waals surface area contributed by atoms with Crippen LogP contribution in [0.25, 0.3) is 0 Å². The SMILES string of the molecule is Cc1cc(C)n(/N=C\c2ccc(OCc3ccc(Cl)cc3)cc2)c(=O)c1C#N. The van der Waals surface area contributed by atoms with Crippen molar-refractivity contribution in [2.24, 2.45) is 5.10 Å². The maximum atomic E-state index is 12.4. The molecule has 0 fully saturated rings. The van der Waals surface area contributed by atoms with Crippen LogP contribution < -0.4 is 10.3 Å². The van der Waals surface area contributed by atoms with Crippen LogP contribution in [0.4, 0.5) is 0 Å². The Kier molecular flexibility index (Phi) is 5.93. The Labute approximate surface area is 168 Å². The Morgan fingerprint density at radius 2 is 1.82 bits per heavy atom. The number of hydrogen-bond donors (Lipinski definition) is 0. The summed E-state index contributed by atoms with van der Waals surface area (Å²) in [6.45, 7) is 3.96. The molecular weight excluding hydrogens is 374 g/mol. The van der Waals surface area contributed by atoms with E-state index in [2.05, 4.69) is 5.10 Å². The molecule has 0 amide bonds. The van der Waals surface area contributed by atoms with Crippen LogP contribution in [0.1, 0.15) is 27.9 Å². The first kappa shape index (κ1) is 19.4. The van der Waals surface area contributed by atoms with E-state index < -0.39 is 5.56 Å². The fourth-order valence-corrected chi connectivity index (χ4v) is 2.81. The second kappa shape index (κ2) is 8.55. The van der Waals surface area contributed by atoms with Crippen LogP contribution in [0.15, 0.2) is 64.5 Å². The summed E-state index contributed by atoms with van der Waals surface area (Å²) in [5.74, 6) is 0.725. The van der Waals surface area contributed by atoms with E-state index in [4.69, 9.17) is 21.6 Å². The monoisotopic (exact) mass is 391 g/mol. The van der Waals surface area contributed by atoms with Gasteiger partial charge in [-0.1, -0.05) is 23.7 Å². The minimum atomic E-state index is -0.417. The lowest BCUT2D eigenvalue weighted by molar-refractivity contribution is 0.306. The van der Waals surface area contributed by atoms with Crippen LogP contribution in [0.3, 0.4) is 0 Å². The minimum absolute atomic E-state index is 0.105. The van der Waals surface area contributed by atoms with Crippen LogP contribution >= 0.6 is 11.6 Å². The molecule has 0 spiro atoms. The van der Waals surface area contributed by atoms with Crippen molar-refractivity contribution in [3.05, 3.63) is 97.9 Å². The van der Waals surface area contributed by atoms with E-state index in [0.29, 0.717) is 22.9 Å². The van der Waals surface area contributed by atoms with Crippen LogP contribution in [-0.4, -0.2) is 10.9 Å². The maximum absolute atomic E-state index is 12.4. The maximum Gasteiger partial charge on any atom is 0.289 e. The van der Waals surface area contributed by atoms with Gasteiger partial charge in [-0.05, 0) is 73.0 Å². The highest BCUT2D eigenvalue weighted by Crippen LogP contribution is 2.15. The molecule has 2 aromatic carbocycles. The zero-order valence-electron chi connectivity index (χ0n) is 15.5. The predicted molar refractivity (Wildman–Crippen MR) is 110 cm³/mol. The van der Waals surface area contributed by atoms with Crippen molar-refractivity contribution in [2.45, 2.75) is 20.5 Å². The van der Waals surface area contributed by atoms with Gasteiger partial charge in [0, 0.05) is 10.7 Å². The number of ether oxygens (including phenoxy) is 1. The molecule has 0 unspecified atom stereocenters. The van der Waals surface area contributed by atoms with E-state index in [1.54, 1.807) is 26.1 Å². The molecule has 3 rings (SSSR count). The third-order valence-corrected chi connectivity index (χ3v) is 4.44. The lowest BCUT2D eigenvalue weighted by Gasteiger charge is -2.07. The number of nitrogens with zero attached hydrogens (tertiary/aromatic N) is 3. The number of benzene rings is 2. The highest BCUT2D eigenvalue weighted by atomic mass is 35.5. The number of nitriles is 1. The van der Waals surface area contributed by atoms with Gasteiger partial charge in [0.1, 0.15) is 24.0 Å². The van der Waals surface area contributed by atoms with Crippen LogP contribution in [-0.2, 0) is 6.61 Å². The van der Waals surface area contributed by atoms with Crippen molar-refractivity contribution < 1.29 is 4.74 Å². The normalized spacial score (nSPS) is 10.8. The molecule has 6 heteroatoms. The fourth-order valence-electron chi connectivity index (χ4n) is 2.68. The van der Waals surface area contributed by atoms with Crippen molar-refractivity contribution in [1.29, 1.82) is 5.26 Å². The quantitative estimate of drug-likeness (QED) is 0.603. The molecule has 0 saturated heterocycles. The summed E-state index contributed by atoms with van der Waals surface area (Å²) in [7, 11) is 0. The summed E-state index contributed by atoms with van der Waals surface area (Å²) >= 11 is 5.87. The van der Waals surface area contributed by atoms with Gasteiger partial charge in [-0.15, -0.1) is 0 Å². The van der Waals surface area contributed by atoms with Gasteiger partial charge in [0.25, 0.3) is 5.56 Å². The van der Waals surface area contributed by atoms with Gasteiger partial charge in [-0.25, -0.2) is 4.68 Å². The van der Waals surface area contributed by atoms with Gasteiger partial charge < -0.3 is 4.74 Å². The van der Waals surface area contributed by atoms with Crippen molar-refractivity contribution in [3.63, 3.8) is 0 Å². The second-order valence-corrected chi connectivity index (χ2v) is 6.74. The van der Waals surface area contributed by atoms with Crippen LogP contribution in [0, 0.1) is 25.2 Å². The first-order chi connectivity index (χ1) is 13.5. The summed E-state index contributed by atoms with van der Waals surface area (Å²) in [6, 6.07) is 18.6. The van der Waals surface area contributed by atoms with E-state index in [9.17, 15) is 4.79 Å². The molecular formula is C22H18ClN3O2. The smallest absolute Gasteiger partial charge is 0.289 e. The van der Waals surface area contributed by atoms with Gasteiger partial charge in [0.2, 0.25) is 0 Å². The first-order valence-electron chi connectivity index (χ1n) is 8.63. The standard InChI is InChI=1S/C22H18ClN3O2/c1-15-11-16(2)26(22(27)21(15)12-24)25-13-17-5-9-20(10-6-17)28-14-18-3-7-19(23)8-4-18/h3-11,13H,14H2,1-2H3/b25-13-. The number of pyridine rings is 1. The van der Waals surface area contributed by atoms with Gasteiger partial charge in [-0.2, -0.15) is 10.4 Å². The molecule has 140 valence electrons. The van der Waals surface area contributed by atoms with Gasteiger partial charge in [-0.3, -0.25) is 4.79 Å². The molecule has 1 aromatic heterocycles. The third kappa shape index (κ3) is 4.48. The number of halogens is 1. The Morgan fingerprint density at radius 1 is 1.14 bits per heavy atom. The van der Waals surface area contributed by atoms with Crippen molar-refractivity contribution in [1.82, 2.24) is 4.68 Å². The van der Waals surface area contributed by atoms with Crippen molar-refractivity contribution in [3.8, 4) is 11.8 Å². The first-order valence-corrected chi connectivity index (χ1v) is 9.01. The molecule has 28 heavy (non-hydrogen) atoms. The van der Waals surface area contributed by atoms with Gasteiger partial charge >= 0.3 is 0 Å². The summed E-state index contributed by atoms with van der Waals surface area (Å²) in [5, 5.41) is 14.1. The molecule has 0 saturated carbocycles. The number of hydrogen-bond acceptors (Lipinski definition) is 4. The summed E-state index contributed by atoms with van der Waals surface area (Å²) < 4.78 is 6.99. The Bertz CT molecular complexity index is 1110. The summed E-state index contributed by atoms with van der Waals surface area (Å²) in [6.07, 6.45) is 1.58. The highest BCUT2D eigenvalue weighted by molar-refractivity contribution is 6.30. The lowest BCUT2D eigenvalue weighted by Crippen LogP contribution is -2.22. The molecule has 5 nitrogen and oxygen atoms in total. The third-order valence-electron chi connectivity index (χ3n) is 4.19. The molecule has 0 atom stereocenters. The van der Waals surface area contributed by atoms with Gasteiger partial charge in [0.05, 0.1) is 6.21 Å². The van der Waals surface area contributed by atoms with E-state index in [1.165, 1.54) is 4.68 Å². The minimum Gasteiger partial charge on any atom is -0.489 e. The average molecular weight is 392 g/mol. The molecule has 0 aliphatic carbocycles. The van der Waals surface area contributed by atoms with Crippen molar-refractivity contribution in [2.75, 3.05) is 0 Å². The van der Waals surface area contributed by atoms with E-state index in [-0.39, 0.29) is 5.56 Å². The zero-order valence-corrected chi connectivity index (χ0v) is 16.3. The topological polar surface area (TPSA) is 67.4 Å².